The third-order valence-corrected chi connectivity index (χ3v) is 4.85. The second-order valence-corrected chi connectivity index (χ2v) is 6.89. The number of hydrogen-bond donors (Lipinski definition) is 1. The number of carbonyl (C=O) groups excluding carboxylic acids is 1. The lowest BCUT2D eigenvalue weighted by Crippen LogP contribution is -2.19. The molecule has 1 amide bonds. The zero-order valence-corrected chi connectivity index (χ0v) is 16.1. The molecule has 0 spiro atoms. The van der Waals surface area contributed by atoms with Crippen LogP contribution in [0.5, 0.6) is 5.75 Å². The number of thioether (sulfide) groups is 1. The summed E-state index contributed by atoms with van der Waals surface area (Å²) in [5, 5.41) is 3.97. The molecule has 0 aliphatic carbocycles. The SMILES string of the molecule is C=CCOc1ccc(/C=N/NC(=O)CSCc2ccccc2Br)cc1. The zero-order valence-electron chi connectivity index (χ0n) is 13.7. The predicted octanol–water partition coefficient (Wildman–Crippen LogP) is 4.40. The molecule has 1 N–H and O–H groups in total. The molecule has 0 atom stereocenters. The number of benzene rings is 2. The molecule has 0 bridgehead atoms. The van der Waals surface area contributed by atoms with E-state index in [0.29, 0.717) is 12.4 Å². The van der Waals surface area contributed by atoms with Gasteiger partial charge in [0.15, 0.2) is 0 Å². The Balaban J connectivity index is 1.71. The van der Waals surface area contributed by atoms with Crippen LogP contribution in [0.25, 0.3) is 0 Å². The Morgan fingerprint density at radius 3 is 2.72 bits per heavy atom. The van der Waals surface area contributed by atoms with Gasteiger partial charge in [-0.3, -0.25) is 4.79 Å². The monoisotopic (exact) mass is 418 g/mol. The Bertz CT molecular complexity index is 732. The average Bonchev–Trinajstić information content (AvgIpc) is 2.63. The van der Waals surface area contributed by atoms with Crippen LogP contribution in [0.3, 0.4) is 0 Å². The van der Waals surface area contributed by atoms with Crippen LogP contribution >= 0.6 is 27.7 Å². The van der Waals surface area contributed by atoms with Crippen molar-refractivity contribution in [2.24, 2.45) is 5.10 Å². The Morgan fingerprint density at radius 1 is 1.24 bits per heavy atom. The summed E-state index contributed by atoms with van der Waals surface area (Å²) in [5.74, 6) is 1.77. The first kappa shape index (κ1) is 19.3. The van der Waals surface area contributed by atoms with E-state index in [1.165, 1.54) is 5.56 Å². The first-order valence-corrected chi connectivity index (χ1v) is 9.60. The molecule has 0 saturated carbocycles. The molecule has 0 radical (unpaired) electrons. The second-order valence-electron chi connectivity index (χ2n) is 5.05. The molecule has 2 aromatic carbocycles. The fourth-order valence-corrected chi connectivity index (χ4v) is 3.32. The molecule has 0 aliphatic rings. The molecule has 2 aromatic rings. The highest BCUT2D eigenvalue weighted by Crippen LogP contribution is 2.21. The minimum absolute atomic E-state index is 0.126. The maximum absolute atomic E-state index is 11.8. The summed E-state index contributed by atoms with van der Waals surface area (Å²) in [6, 6.07) is 15.4. The van der Waals surface area contributed by atoms with Crippen molar-refractivity contribution in [3.05, 3.63) is 76.8 Å². The molecule has 0 saturated heterocycles. The van der Waals surface area contributed by atoms with Gasteiger partial charge in [0.2, 0.25) is 5.91 Å². The fraction of sp³-hybridized carbons (Fsp3) is 0.158. The number of hydrazone groups is 1. The molecule has 130 valence electrons. The van der Waals surface area contributed by atoms with Gasteiger partial charge in [-0.15, -0.1) is 11.8 Å². The number of amides is 1. The number of carbonyl (C=O) groups is 1. The first-order valence-electron chi connectivity index (χ1n) is 7.66. The maximum atomic E-state index is 11.8. The van der Waals surface area contributed by atoms with Gasteiger partial charge >= 0.3 is 0 Å². The molecular weight excluding hydrogens is 400 g/mol. The number of nitrogens with one attached hydrogen (secondary N) is 1. The van der Waals surface area contributed by atoms with Crippen molar-refractivity contribution >= 4 is 39.8 Å². The molecule has 0 unspecified atom stereocenters. The summed E-state index contributed by atoms with van der Waals surface area (Å²) in [7, 11) is 0. The number of halogens is 1. The second kappa shape index (κ2) is 10.7. The quantitative estimate of drug-likeness (QED) is 0.373. The van der Waals surface area contributed by atoms with Crippen LogP contribution < -0.4 is 10.2 Å². The Morgan fingerprint density at radius 2 is 2.00 bits per heavy atom. The lowest BCUT2D eigenvalue weighted by molar-refractivity contribution is -0.118. The lowest BCUT2D eigenvalue weighted by atomic mass is 10.2. The van der Waals surface area contributed by atoms with Gasteiger partial charge < -0.3 is 4.74 Å². The van der Waals surface area contributed by atoms with E-state index in [2.05, 4.69) is 33.0 Å². The van der Waals surface area contributed by atoms with Crippen molar-refractivity contribution in [2.75, 3.05) is 12.4 Å². The molecule has 2 rings (SSSR count). The fourth-order valence-electron chi connectivity index (χ4n) is 1.89. The van der Waals surface area contributed by atoms with Gasteiger partial charge in [-0.05, 0) is 41.5 Å². The van der Waals surface area contributed by atoms with E-state index in [4.69, 9.17) is 4.74 Å². The topological polar surface area (TPSA) is 50.7 Å². The summed E-state index contributed by atoms with van der Waals surface area (Å²) in [6.45, 7) is 4.08. The smallest absolute Gasteiger partial charge is 0.250 e. The van der Waals surface area contributed by atoms with E-state index in [9.17, 15) is 4.79 Å². The Labute approximate surface area is 160 Å². The highest BCUT2D eigenvalue weighted by molar-refractivity contribution is 9.10. The number of nitrogens with zero attached hydrogens (tertiary/aromatic N) is 1. The highest BCUT2D eigenvalue weighted by Gasteiger charge is 2.03. The van der Waals surface area contributed by atoms with Crippen LogP contribution in [0.1, 0.15) is 11.1 Å². The van der Waals surface area contributed by atoms with Crippen LogP contribution in [-0.2, 0) is 10.5 Å². The standard InChI is InChI=1S/C19H19BrN2O2S/c1-2-11-24-17-9-7-15(8-10-17)12-21-22-19(23)14-25-13-16-5-3-4-6-18(16)20/h2-10,12H,1,11,13-14H2,(H,22,23)/b21-12+. The van der Waals surface area contributed by atoms with Gasteiger partial charge in [0.05, 0.1) is 12.0 Å². The van der Waals surface area contributed by atoms with E-state index in [-0.39, 0.29) is 5.91 Å². The van der Waals surface area contributed by atoms with Gasteiger partial charge in [-0.25, -0.2) is 5.43 Å². The van der Waals surface area contributed by atoms with Crippen molar-refractivity contribution in [2.45, 2.75) is 5.75 Å². The minimum Gasteiger partial charge on any atom is -0.490 e. The van der Waals surface area contributed by atoms with E-state index in [1.54, 1.807) is 24.1 Å². The van der Waals surface area contributed by atoms with Crippen molar-refractivity contribution < 1.29 is 9.53 Å². The first-order chi connectivity index (χ1) is 12.2. The third kappa shape index (κ3) is 7.15. The molecule has 0 aromatic heterocycles. The number of ether oxygens (including phenoxy) is 1. The maximum Gasteiger partial charge on any atom is 0.250 e. The molecule has 0 aliphatic heterocycles. The highest BCUT2D eigenvalue weighted by atomic mass is 79.9. The summed E-state index contributed by atoms with van der Waals surface area (Å²) in [4.78, 5) is 11.8. The van der Waals surface area contributed by atoms with E-state index < -0.39 is 0 Å². The van der Waals surface area contributed by atoms with Crippen LogP contribution in [0.15, 0.2) is 70.8 Å². The van der Waals surface area contributed by atoms with Crippen LogP contribution in [0.2, 0.25) is 0 Å². The van der Waals surface area contributed by atoms with Crippen molar-refractivity contribution in [1.82, 2.24) is 5.43 Å². The van der Waals surface area contributed by atoms with E-state index in [0.717, 1.165) is 21.5 Å². The van der Waals surface area contributed by atoms with Crippen molar-refractivity contribution in [3.63, 3.8) is 0 Å². The minimum atomic E-state index is -0.126. The van der Waals surface area contributed by atoms with Crippen molar-refractivity contribution in [1.29, 1.82) is 0 Å². The summed E-state index contributed by atoms with van der Waals surface area (Å²) >= 11 is 5.04. The molecule has 6 heteroatoms. The zero-order chi connectivity index (χ0) is 17.9. The van der Waals surface area contributed by atoms with Crippen molar-refractivity contribution in [3.8, 4) is 5.75 Å². The van der Waals surface area contributed by atoms with E-state index >= 15 is 0 Å². The van der Waals surface area contributed by atoms with Gasteiger partial charge in [-0.1, -0.05) is 46.8 Å². The average molecular weight is 419 g/mol. The predicted molar refractivity (Wildman–Crippen MR) is 108 cm³/mol. The molecule has 4 nitrogen and oxygen atoms in total. The lowest BCUT2D eigenvalue weighted by Gasteiger charge is -2.04. The number of hydrogen-bond acceptors (Lipinski definition) is 4. The van der Waals surface area contributed by atoms with Gasteiger partial charge in [0, 0.05) is 10.2 Å². The Hall–Kier alpha value is -2.05. The van der Waals surface area contributed by atoms with Gasteiger partial charge in [0.1, 0.15) is 12.4 Å². The largest absolute Gasteiger partial charge is 0.490 e. The third-order valence-electron chi connectivity index (χ3n) is 3.10. The van der Waals surface area contributed by atoms with E-state index in [1.807, 2.05) is 48.5 Å². The molecule has 0 fully saturated rings. The normalized spacial score (nSPS) is 10.6. The Kier molecular flexibility index (Phi) is 8.28. The molecule has 0 heterocycles. The molecule has 25 heavy (non-hydrogen) atoms. The van der Waals surface area contributed by atoms with Crippen LogP contribution in [-0.4, -0.2) is 24.5 Å². The van der Waals surface area contributed by atoms with Crippen LogP contribution in [0.4, 0.5) is 0 Å². The van der Waals surface area contributed by atoms with Gasteiger partial charge in [-0.2, -0.15) is 5.10 Å². The molecular formula is C19H19BrN2O2S. The van der Waals surface area contributed by atoms with Gasteiger partial charge in [0.25, 0.3) is 0 Å². The summed E-state index contributed by atoms with van der Waals surface area (Å²) in [6.07, 6.45) is 3.30. The summed E-state index contributed by atoms with van der Waals surface area (Å²) < 4.78 is 6.46. The van der Waals surface area contributed by atoms with Crippen LogP contribution in [0, 0.1) is 0 Å². The number of rotatable bonds is 9. The summed E-state index contributed by atoms with van der Waals surface area (Å²) in [5.41, 5.74) is 4.59.